The van der Waals surface area contributed by atoms with Crippen molar-refractivity contribution in [2.75, 3.05) is 5.75 Å². The second-order valence-electron chi connectivity index (χ2n) is 5.53. The Kier molecular flexibility index (Phi) is 4.39. The molecule has 1 fully saturated rings. The molecule has 0 saturated carbocycles. The van der Waals surface area contributed by atoms with Gasteiger partial charge in [-0.2, -0.15) is 0 Å². The molecule has 1 aliphatic rings. The Bertz CT molecular complexity index is 715. The summed E-state index contributed by atoms with van der Waals surface area (Å²) in [6.45, 7) is 1.95. The highest BCUT2D eigenvalue weighted by atomic mass is 32.2. The average molecular weight is 327 g/mol. The SMILES string of the molecule is Cc1ccc(C(=O)N2C(c3ccccc3)SC[C@H]2C(=O)O)cc1. The summed E-state index contributed by atoms with van der Waals surface area (Å²) in [7, 11) is 0. The maximum absolute atomic E-state index is 12.9. The molecule has 0 radical (unpaired) electrons. The third-order valence-electron chi connectivity index (χ3n) is 3.90. The van der Waals surface area contributed by atoms with Crippen molar-refractivity contribution >= 4 is 23.6 Å². The lowest BCUT2D eigenvalue weighted by Crippen LogP contribution is -2.42. The van der Waals surface area contributed by atoms with Gasteiger partial charge in [0.05, 0.1) is 0 Å². The standard InChI is InChI=1S/C18H17NO3S/c1-12-7-9-13(10-8-12)16(20)19-15(18(21)22)11-23-17(19)14-5-3-2-4-6-14/h2-10,15,17H,11H2,1H3,(H,21,22)/t15-,17?/m0/s1. The monoisotopic (exact) mass is 327 g/mol. The van der Waals surface area contributed by atoms with Crippen LogP contribution in [0.5, 0.6) is 0 Å². The topological polar surface area (TPSA) is 57.6 Å². The number of thioether (sulfide) groups is 1. The van der Waals surface area contributed by atoms with Gasteiger partial charge >= 0.3 is 5.97 Å². The van der Waals surface area contributed by atoms with Gasteiger partial charge in [0.25, 0.3) is 5.91 Å². The number of hydrogen-bond acceptors (Lipinski definition) is 3. The van der Waals surface area contributed by atoms with Gasteiger partial charge in [-0.1, -0.05) is 48.0 Å². The van der Waals surface area contributed by atoms with Gasteiger partial charge < -0.3 is 10.0 Å². The molecule has 0 aliphatic carbocycles. The van der Waals surface area contributed by atoms with Gasteiger partial charge in [-0.25, -0.2) is 4.79 Å². The van der Waals surface area contributed by atoms with E-state index in [-0.39, 0.29) is 11.3 Å². The first-order valence-corrected chi connectivity index (χ1v) is 8.41. The lowest BCUT2D eigenvalue weighted by molar-refractivity contribution is -0.141. The Morgan fingerprint density at radius 2 is 1.74 bits per heavy atom. The van der Waals surface area contributed by atoms with Crippen LogP contribution < -0.4 is 0 Å². The molecule has 118 valence electrons. The second-order valence-corrected chi connectivity index (χ2v) is 6.64. The third-order valence-corrected chi connectivity index (χ3v) is 5.23. The van der Waals surface area contributed by atoms with E-state index in [9.17, 15) is 14.7 Å². The number of aryl methyl sites for hydroxylation is 1. The van der Waals surface area contributed by atoms with Crippen LogP contribution in [0.25, 0.3) is 0 Å². The minimum absolute atomic E-state index is 0.240. The van der Waals surface area contributed by atoms with E-state index >= 15 is 0 Å². The van der Waals surface area contributed by atoms with E-state index in [0.717, 1.165) is 11.1 Å². The molecule has 2 aromatic rings. The zero-order chi connectivity index (χ0) is 16.4. The minimum Gasteiger partial charge on any atom is -0.480 e. The van der Waals surface area contributed by atoms with Gasteiger partial charge in [0.1, 0.15) is 11.4 Å². The van der Waals surface area contributed by atoms with E-state index in [2.05, 4.69) is 0 Å². The molecule has 0 spiro atoms. The van der Waals surface area contributed by atoms with Crippen molar-refractivity contribution in [3.63, 3.8) is 0 Å². The van der Waals surface area contributed by atoms with Crippen LogP contribution in [0.15, 0.2) is 54.6 Å². The Balaban J connectivity index is 1.97. The first-order valence-electron chi connectivity index (χ1n) is 7.36. The summed E-state index contributed by atoms with van der Waals surface area (Å²) in [6.07, 6.45) is 0. The van der Waals surface area contributed by atoms with Crippen molar-refractivity contribution in [2.45, 2.75) is 18.3 Å². The van der Waals surface area contributed by atoms with Crippen molar-refractivity contribution in [1.29, 1.82) is 0 Å². The number of amides is 1. The van der Waals surface area contributed by atoms with Crippen molar-refractivity contribution in [2.24, 2.45) is 0 Å². The van der Waals surface area contributed by atoms with E-state index in [1.165, 1.54) is 16.7 Å². The minimum atomic E-state index is -0.962. The first kappa shape index (κ1) is 15.6. The normalized spacial score (nSPS) is 20.5. The van der Waals surface area contributed by atoms with Crippen LogP contribution in [-0.4, -0.2) is 33.7 Å². The summed E-state index contributed by atoms with van der Waals surface area (Å²) < 4.78 is 0. The van der Waals surface area contributed by atoms with E-state index in [1.807, 2.05) is 49.4 Å². The zero-order valence-corrected chi connectivity index (χ0v) is 13.5. The highest BCUT2D eigenvalue weighted by molar-refractivity contribution is 7.99. The van der Waals surface area contributed by atoms with Crippen LogP contribution in [0, 0.1) is 6.92 Å². The number of carbonyl (C=O) groups excluding carboxylic acids is 1. The smallest absolute Gasteiger partial charge is 0.327 e. The Hall–Kier alpha value is -2.27. The quantitative estimate of drug-likeness (QED) is 0.939. The zero-order valence-electron chi connectivity index (χ0n) is 12.7. The first-order chi connectivity index (χ1) is 11.1. The molecule has 1 N–H and O–H groups in total. The second kappa shape index (κ2) is 6.46. The summed E-state index contributed by atoms with van der Waals surface area (Å²) >= 11 is 1.49. The molecule has 2 atom stereocenters. The van der Waals surface area contributed by atoms with Crippen molar-refractivity contribution in [1.82, 2.24) is 4.90 Å². The van der Waals surface area contributed by atoms with Gasteiger partial charge in [0, 0.05) is 11.3 Å². The van der Waals surface area contributed by atoms with Crippen molar-refractivity contribution in [3.8, 4) is 0 Å². The number of nitrogens with zero attached hydrogens (tertiary/aromatic N) is 1. The molecule has 1 heterocycles. The lowest BCUT2D eigenvalue weighted by Gasteiger charge is -2.27. The maximum atomic E-state index is 12.9. The van der Waals surface area contributed by atoms with Gasteiger partial charge in [-0.05, 0) is 24.6 Å². The van der Waals surface area contributed by atoms with Crippen LogP contribution >= 0.6 is 11.8 Å². The number of benzene rings is 2. The number of rotatable bonds is 3. The molecule has 1 amide bonds. The molecule has 2 aromatic carbocycles. The Labute approximate surface area is 139 Å². The van der Waals surface area contributed by atoms with Crippen LogP contribution in [0.1, 0.15) is 26.9 Å². The number of aliphatic carboxylic acids is 1. The average Bonchev–Trinajstić information content (AvgIpc) is 3.01. The molecular formula is C18H17NO3S. The van der Waals surface area contributed by atoms with Crippen LogP contribution in [0.3, 0.4) is 0 Å². The van der Waals surface area contributed by atoms with Gasteiger partial charge in [0.15, 0.2) is 0 Å². The van der Waals surface area contributed by atoms with E-state index in [0.29, 0.717) is 11.3 Å². The van der Waals surface area contributed by atoms with Gasteiger partial charge in [-0.3, -0.25) is 4.79 Å². The Morgan fingerprint density at radius 3 is 2.35 bits per heavy atom. The van der Waals surface area contributed by atoms with E-state index < -0.39 is 12.0 Å². The highest BCUT2D eigenvalue weighted by Gasteiger charge is 2.42. The summed E-state index contributed by atoms with van der Waals surface area (Å²) in [5.41, 5.74) is 2.53. The summed E-state index contributed by atoms with van der Waals surface area (Å²) in [4.78, 5) is 26.0. The summed E-state index contributed by atoms with van der Waals surface area (Å²) in [5, 5.41) is 9.21. The fraction of sp³-hybridized carbons (Fsp3) is 0.222. The molecule has 5 heteroatoms. The molecule has 0 bridgehead atoms. The van der Waals surface area contributed by atoms with Crippen molar-refractivity contribution in [3.05, 3.63) is 71.3 Å². The molecular weight excluding hydrogens is 310 g/mol. The lowest BCUT2D eigenvalue weighted by atomic mass is 10.1. The van der Waals surface area contributed by atoms with Gasteiger partial charge in [-0.15, -0.1) is 11.8 Å². The van der Waals surface area contributed by atoms with Crippen LogP contribution in [0.2, 0.25) is 0 Å². The fourth-order valence-electron chi connectivity index (χ4n) is 2.66. The van der Waals surface area contributed by atoms with Crippen molar-refractivity contribution < 1.29 is 14.7 Å². The molecule has 1 unspecified atom stereocenters. The summed E-state index contributed by atoms with van der Waals surface area (Å²) in [5.74, 6) is -0.806. The number of carboxylic acid groups (broad SMARTS) is 1. The molecule has 4 nitrogen and oxygen atoms in total. The van der Waals surface area contributed by atoms with Crippen LogP contribution in [0.4, 0.5) is 0 Å². The highest BCUT2D eigenvalue weighted by Crippen LogP contribution is 2.42. The molecule has 3 rings (SSSR count). The molecule has 23 heavy (non-hydrogen) atoms. The third kappa shape index (κ3) is 3.10. The van der Waals surface area contributed by atoms with Gasteiger partial charge in [0.2, 0.25) is 0 Å². The number of carboxylic acids is 1. The van der Waals surface area contributed by atoms with E-state index in [4.69, 9.17) is 0 Å². The number of carbonyl (C=O) groups is 2. The molecule has 0 aromatic heterocycles. The predicted octanol–water partition coefficient (Wildman–Crippen LogP) is 3.34. The summed E-state index contributed by atoms with van der Waals surface area (Å²) in [6, 6.07) is 16.0. The van der Waals surface area contributed by atoms with E-state index in [1.54, 1.807) is 12.1 Å². The number of hydrogen-bond donors (Lipinski definition) is 1. The van der Waals surface area contributed by atoms with Crippen LogP contribution in [-0.2, 0) is 4.79 Å². The largest absolute Gasteiger partial charge is 0.480 e. The maximum Gasteiger partial charge on any atom is 0.327 e. The predicted molar refractivity (Wildman–Crippen MR) is 90.4 cm³/mol. The molecule has 1 saturated heterocycles. The Morgan fingerprint density at radius 1 is 1.09 bits per heavy atom. The fourth-order valence-corrected chi connectivity index (χ4v) is 4.08. The molecule has 1 aliphatic heterocycles.